The van der Waals surface area contributed by atoms with Crippen LogP contribution in [0.3, 0.4) is 0 Å². The lowest BCUT2D eigenvalue weighted by Gasteiger charge is -2.14. The molecule has 5 aromatic rings. The molecule has 4 aromatic heterocycles. The fourth-order valence-electron chi connectivity index (χ4n) is 3.71. The molecule has 0 fully saturated rings. The highest BCUT2D eigenvalue weighted by Crippen LogP contribution is 2.33. The number of pyridine rings is 1. The topological polar surface area (TPSA) is 120 Å². The van der Waals surface area contributed by atoms with Gasteiger partial charge >= 0.3 is 0 Å². The molecule has 0 aliphatic carbocycles. The Labute approximate surface area is 201 Å². The van der Waals surface area contributed by atoms with E-state index in [1.54, 1.807) is 36.4 Å². The Balaban J connectivity index is 1.51. The monoisotopic (exact) mass is 491 g/mol. The SMILES string of the molecule is C[C@@H](Cn1cnnn1)Oc1cccc(-c2ccc3ncc(-c4cc(F)cc(C(F)F)c4C#N)n3n2)n1. The molecule has 0 saturated heterocycles. The van der Waals surface area contributed by atoms with Crippen LogP contribution in [0.2, 0.25) is 0 Å². The van der Waals surface area contributed by atoms with E-state index in [1.165, 1.54) is 21.7 Å². The Bertz CT molecular complexity index is 1580. The number of fused-ring (bicyclic) bond motifs is 1. The average Bonchev–Trinajstić information content (AvgIpc) is 3.53. The van der Waals surface area contributed by atoms with E-state index in [0.717, 1.165) is 6.07 Å². The summed E-state index contributed by atoms with van der Waals surface area (Å²) in [5.41, 5.74) is 0.383. The number of nitrogens with zero attached hydrogens (tertiary/aromatic N) is 9. The zero-order valence-corrected chi connectivity index (χ0v) is 18.6. The number of nitriles is 1. The van der Waals surface area contributed by atoms with Crippen LogP contribution in [0.25, 0.3) is 28.3 Å². The highest BCUT2D eigenvalue weighted by atomic mass is 19.3. The van der Waals surface area contributed by atoms with E-state index in [-0.39, 0.29) is 22.9 Å². The smallest absolute Gasteiger partial charge is 0.265 e. The number of ether oxygens (including phenoxy) is 1. The van der Waals surface area contributed by atoms with E-state index in [0.29, 0.717) is 35.5 Å². The van der Waals surface area contributed by atoms with Crippen LogP contribution in [-0.2, 0) is 6.54 Å². The molecule has 5 rings (SSSR count). The van der Waals surface area contributed by atoms with Crippen LogP contribution in [0.5, 0.6) is 5.88 Å². The van der Waals surface area contributed by atoms with Gasteiger partial charge in [0.15, 0.2) is 5.65 Å². The molecule has 1 atom stereocenters. The van der Waals surface area contributed by atoms with E-state index in [1.807, 2.05) is 6.92 Å². The van der Waals surface area contributed by atoms with Gasteiger partial charge in [-0.25, -0.2) is 32.3 Å². The first-order chi connectivity index (χ1) is 17.4. The molecule has 0 bridgehead atoms. The van der Waals surface area contributed by atoms with Crippen LogP contribution in [0, 0.1) is 17.1 Å². The zero-order chi connectivity index (χ0) is 25.2. The molecule has 0 saturated carbocycles. The second kappa shape index (κ2) is 9.41. The van der Waals surface area contributed by atoms with E-state index < -0.39 is 17.8 Å². The predicted molar refractivity (Wildman–Crippen MR) is 119 cm³/mol. The number of halogens is 3. The van der Waals surface area contributed by atoms with Gasteiger partial charge in [-0.3, -0.25) is 0 Å². The highest BCUT2D eigenvalue weighted by molar-refractivity contribution is 5.72. The van der Waals surface area contributed by atoms with Crippen molar-refractivity contribution in [1.29, 1.82) is 5.26 Å². The van der Waals surface area contributed by atoms with Crippen LogP contribution in [-0.4, -0.2) is 45.9 Å². The minimum atomic E-state index is -3.02. The van der Waals surface area contributed by atoms with Gasteiger partial charge in [-0.05, 0) is 47.7 Å². The maximum atomic E-state index is 14.2. The number of aromatic nitrogens is 8. The Kier molecular flexibility index (Phi) is 5.99. The third-order valence-corrected chi connectivity index (χ3v) is 5.26. The van der Waals surface area contributed by atoms with Crippen molar-refractivity contribution in [2.45, 2.75) is 26.0 Å². The van der Waals surface area contributed by atoms with Gasteiger partial charge in [-0.15, -0.1) is 5.10 Å². The third kappa shape index (κ3) is 4.43. The standard InChI is InChI=1S/C23H16F3N9O/c1-13(11-34-12-29-32-33-34)36-22-4-2-3-18(30-22)19-5-6-21-28-10-20(35(21)31-19)15-7-14(24)8-16(23(25)26)17(15)9-27/h2-8,10,12-13,23H,11H2,1H3/t13-/m0/s1. The Morgan fingerprint density at radius 3 is 2.75 bits per heavy atom. The largest absolute Gasteiger partial charge is 0.473 e. The third-order valence-electron chi connectivity index (χ3n) is 5.26. The summed E-state index contributed by atoms with van der Waals surface area (Å²) in [6, 6.07) is 11.9. The molecule has 180 valence electrons. The molecule has 0 radical (unpaired) electrons. The maximum Gasteiger partial charge on any atom is 0.265 e. The summed E-state index contributed by atoms with van der Waals surface area (Å²) in [4.78, 5) is 8.72. The molecule has 0 N–H and O–H groups in total. The normalized spacial score (nSPS) is 12.1. The van der Waals surface area contributed by atoms with Gasteiger partial charge in [0.05, 0.1) is 29.7 Å². The summed E-state index contributed by atoms with van der Waals surface area (Å²) in [6.45, 7) is 2.26. The molecule has 0 aliphatic rings. The van der Waals surface area contributed by atoms with Gasteiger partial charge in [-0.1, -0.05) is 6.07 Å². The van der Waals surface area contributed by atoms with E-state index in [2.05, 4.69) is 30.6 Å². The summed E-state index contributed by atoms with van der Waals surface area (Å²) in [7, 11) is 0. The second-order valence-corrected chi connectivity index (χ2v) is 7.78. The molecule has 36 heavy (non-hydrogen) atoms. The summed E-state index contributed by atoms with van der Waals surface area (Å²) in [5, 5.41) is 25.0. The Morgan fingerprint density at radius 1 is 1.14 bits per heavy atom. The number of rotatable bonds is 7. The minimum Gasteiger partial charge on any atom is -0.473 e. The lowest BCUT2D eigenvalue weighted by Crippen LogP contribution is -2.20. The summed E-state index contributed by atoms with van der Waals surface area (Å²) >= 11 is 0. The number of hydrogen-bond acceptors (Lipinski definition) is 8. The first-order valence-corrected chi connectivity index (χ1v) is 10.6. The first-order valence-electron chi connectivity index (χ1n) is 10.6. The van der Waals surface area contributed by atoms with Gasteiger partial charge in [0.2, 0.25) is 5.88 Å². The Hall–Kier alpha value is -4.86. The molecule has 0 aliphatic heterocycles. The molecule has 1 aromatic carbocycles. The van der Waals surface area contributed by atoms with Gasteiger partial charge < -0.3 is 4.74 Å². The quantitative estimate of drug-likeness (QED) is 0.337. The lowest BCUT2D eigenvalue weighted by molar-refractivity contribution is 0.150. The Morgan fingerprint density at radius 2 is 2.00 bits per heavy atom. The lowest BCUT2D eigenvalue weighted by atomic mass is 10.00. The van der Waals surface area contributed by atoms with E-state index in [4.69, 9.17) is 4.74 Å². The molecule has 0 unspecified atom stereocenters. The highest BCUT2D eigenvalue weighted by Gasteiger charge is 2.22. The average molecular weight is 491 g/mol. The predicted octanol–water partition coefficient (Wildman–Crippen LogP) is 3.86. The second-order valence-electron chi connectivity index (χ2n) is 7.78. The number of hydrogen-bond donors (Lipinski definition) is 0. The zero-order valence-electron chi connectivity index (χ0n) is 18.6. The first kappa shape index (κ1) is 22.9. The number of imidazole rings is 1. The number of benzene rings is 1. The van der Waals surface area contributed by atoms with E-state index >= 15 is 0 Å². The molecular formula is C23H16F3N9O. The molecule has 13 heteroatoms. The fraction of sp³-hybridized carbons (Fsp3) is 0.174. The van der Waals surface area contributed by atoms with Crippen molar-refractivity contribution in [2.75, 3.05) is 0 Å². The van der Waals surface area contributed by atoms with Crippen molar-refractivity contribution in [3.63, 3.8) is 0 Å². The molecule has 0 amide bonds. The summed E-state index contributed by atoms with van der Waals surface area (Å²) in [5.74, 6) is -0.549. The van der Waals surface area contributed by atoms with E-state index in [9.17, 15) is 18.4 Å². The van der Waals surface area contributed by atoms with Crippen LogP contribution >= 0.6 is 0 Å². The molecule has 10 nitrogen and oxygen atoms in total. The molecular weight excluding hydrogens is 475 g/mol. The van der Waals surface area contributed by atoms with Crippen molar-refractivity contribution >= 4 is 5.65 Å². The van der Waals surface area contributed by atoms with Gasteiger partial charge in [-0.2, -0.15) is 10.4 Å². The summed E-state index contributed by atoms with van der Waals surface area (Å²) < 4.78 is 49.9. The van der Waals surface area contributed by atoms with Crippen LogP contribution in [0.4, 0.5) is 13.2 Å². The number of tetrazole rings is 1. The van der Waals surface area contributed by atoms with Crippen molar-refractivity contribution < 1.29 is 17.9 Å². The van der Waals surface area contributed by atoms with Gasteiger partial charge in [0.1, 0.15) is 30.0 Å². The van der Waals surface area contributed by atoms with Crippen LogP contribution in [0.1, 0.15) is 24.5 Å². The summed E-state index contributed by atoms with van der Waals surface area (Å²) in [6.07, 6.45) is -0.475. The van der Waals surface area contributed by atoms with Crippen LogP contribution < -0.4 is 4.74 Å². The van der Waals surface area contributed by atoms with Crippen molar-refractivity contribution in [3.8, 4) is 34.6 Å². The maximum absolute atomic E-state index is 14.2. The van der Waals surface area contributed by atoms with Crippen LogP contribution in [0.15, 0.2) is 55.0 Å². The van der Waals surface area contributed by atoms with Crippen molar-refractivity contribution in [1.82, 2.24) is 39.8 Å². The molecule has 4 heterocycles. The van der Waals surface area contributed by atoms with Crippen molar-refractivity contribution in [3.05, 3.63) is 71.9 Å². The minimum absolute atomic E-state index is 0.0357. The fourth-order valence-corrected chi connectivity index (χ4v) is 3.71. The van der Waals surface area contributed by atoms with Crippen molar-refractivity contribution in [2.24, 2.45) is 0 Å². The van der Waals surface area contributed by atoms with Gasteiger partial charge in [0, 0.05) is 17.2 Å². The van der Waals surface area contributed by atoms with Gasteiger partial charge in [0.25, 0.3) is 6.43 Å². The number of alkyl halides is 2. The molecule has 0 spiro atoms.